The number of benzene rings is 1. The molecule has 1 aromatic carbocycles. The predicted molar refractivity (Wildman–Crippen MR) is 98.8 cm³/mol. The van der Waals surface area contributed by atoms with E-state index in [9.17, 15) is 18.5 Å². The van der Waals surface area contributed by atoms with E-state index < -0.39 is 10.0 Å². The second-order valence-corrected chi connectivity index (χ2v) is 9.17. The topological polar surface area (TPSA) is 102 Å². The molecule has 0 atom stereocenters. The Labute approximate surface area is 153 Å². The Morgan fingerprint density at radius 2 is 1.85 bits per heavy atom. The third-order valence-corrected chi connectivity index (χ3v) is 7.51. The van der Waals surface area contributed by atoms with Gasteiger partial charge in [-0.05, 0) is 44.2 Å². The molecule has 2 fully saturated rings. The van der Waals surface area contributed by atoms with Crippen LogP contribution in [0.2, 0.25) is 0 Å². The lowest BCUT2D eigenvalue weighted by molar-refractivity contribution is -0.384. The molecule has 0 radical (unpaired) electrons. The SMILES string of the molecule is Cc1ccc(NC2CCN(S(=O)(=O)C3CCOCC3)CC2)c([N+](=O)[O-])c1. The zero-order valence-corrected chi connectivity index (χ0v) is 15.7. The molecule has 26 heavy (non-hydrogen) atoms. The maximum atomic E-state index is 12.7. The smallest absolute Gasteiger partial charge is 0.292 e. The van der Waals surface area contributed by atoms with Gasteiger partial charge in [0.15, 0.2) is 0 Å². The quantitative estimate of drug-likeness (QED) is 0.618. The van der Waals surface area contributed by atoms with E-state index in [2.05, 4.69) is 5.32 Å². The van der Waals surface area contributed by atoms with E-state index in [1.807, 2.05) is 13.0 Å². The maximum absolute atomic E-state index is 12.7. The second kappa shape index (κ2) is 7.89. The van der Waals surface area contributed by atoms with Crippen molar-refractivity contribution in [3.8, 4) is 0 Å². The third-order valence-electron chi connectivity index (χ3n) is 5.11. The van der Waals surface area contributed by atoms with Crippen LogP contribution in [0.5, 0.6) is 0 Å². The summed E-state index contributed by atoms with van der Waals surface area (Å²) in [5.74, 6) is 0. The average Bonchev–Trinajstić information content (AvgIpc) is 2.64. The number of nitrogens with one attached hydrogen (secondary N) is 1. The average molecular weight is 383 g/mol. The number of rotatable bonds is 5. The van der Waals surface area contributed by atoms with Crippen molar-refractivity contribution in [2.45, 2.75) is 43.9 Å². The molecule has 1 N–H and O–H groups in total. The Bertz CT molecular complexity index is 754. The van der Waals surface area contributed by atoms with E-state index in [-0.39, 0.29) is 21.9 Å². The van der Waals surface area contributed by atoms with Crippen LogP contribution in [0.3, 0.4) is 0 Å². The third kappa shape index (κ3) is 4.16. The fourth-order valence-electron chi connectivity index (χ4n) is 3.57. The van der Waals surface area contributed by atoms with Crippen molar-refractivity contribution in [3.05, 3.63) is 33.9 Å². The molecular weight excluding hydrogens is 358 g/mol. The van der Waals surface area contributed by atoms with Crippen LogP contribution in [0.1, 0.15) is 31.2 Å². The van der Waals surface area contributed by atoms with Gasteiger partial charge in [-0.25, -0.2) is 12.7 Å². The van der Waals surface area contributed by atoms with Crippen LogP contribution in [0.25, 0.3) is 0 Å². The van der Waals surface area contributed by atoms with E-state index in [0.29, 0.717) is 57.7 Å². The highest BCUT2D eigenvalue weighted by Gasteiger charge is 2.35. The van der Waals surface area contributed by atoms with Gasteiger partial charge in [0.2, 0.25) is 10.0 Å². The number of nitro groups is 1. The highest BCUT2D eigenvalue weighted by Crippen LogP contribution is 2.29. The molecule has 144 valence electrons. The number of anilines is 1. The first-order valence-electron chi connectivity index (χ1n) is 8.96. The molecule has 2 heterocycles. The molecule has 1 aromatic rings. The molecule has 2 aliphatic heterocycles. The predicted octanol–water partition coefficient (Wildman–Crippen LogP) is 2.29. The molecule has 0 bridgehead atoms. The van der Waals surface area contributed by atoms with Crippen LogP contribution >= 0.6 is 0 Å². The number of piperidine rings is 1. The summed E-state index contributed by atoms with van der Waals surface area (Å²) in [6.45, 7) is 3.70. The van der Waals surface area contributed by atoms with Crippen molar-refractivity contribution in [3.63, 3.8) is 0 Å². The molecule has 2 aliphatic rings. The van der Waals surface area contributed by atoms with Crippen LogP contribution in [0.4, 0.5) is 11.4 Å². The van der Waals surface area contributed by atoms with E-state index in [1.165, 1.54) is 0 Å². The first-order valence-corrected chi connectivity index (χ1v) is 10.5. The number of nitro benzene ring substituents is 1. The Morgan fingerprint density at radius 1 is 1.19 bits per heavy atom. The summed E-state index contributed by atoms with van der Waals surface area (Å²) >= 11 is 0. The summed E-state index contributed by atoms with van der Waals surface area (Å²) in [5, 5.41) is 14.1. The summed E-state index contributed by atoms with van der Waals surface area (Å²) in [4.78, 5) is 10.9. The maximum Gasteiger partial charge on any atom is 0.292 e. The lowest BCUT2D eigenvalue weighted by Crippen LogP contribution is -2.47. The van der Waals surface area contributed by atoms with Crippen LogP contribution in [-0.2, 0) is 14.8 Å². The highest BCUT2D eigenvalue weighted by molar-refractivity contribution is 7.89. The monoisotopic (exact) mass is 383 g/mol. The number of nitrogens with zero attached hydrogens (tertiary/aromatic N) is 2. The zero-order valence-electron chi connectivity index (χ0n) is 14.9. The van der Waals surface area contributed by atoms with Gasteiger partial charge in [-0.1, -0.05) is 6.07 Å². The molecule has 0 amide bonds. The molecule has 0 spiro atoms. The van der Waals surface area contributed by atoms with Gasteiger partial charge in [-0.15, -0.1) is 0 Å². The van der Waals surface area contributed by atoms with Gasteiger partial charge in [-0.3, -0.25) is 10.1 Å². The van der Waals surface area contributed by atoms with E-state index in [0.717, 1.165) is 5.56 Å². The summed E-state index contributed by atoms with van der Waals surface area (Å²) in [6.07, 6.45) is 2.37. The molecule has 3 rings (SSSR count). The molecule has 0 aromatic heterocycles. The van der Waals surface area contributed by atoms with Gasteiger partial charge >= 0.3 is 0 Å². The van der Waals surface area contributed by atoms with Crippen LogP contribution in [0, 0.1) is 17.0 Å². The zero-order chi connectivity index (χ0) is 18.7. The van der Waals surface area contributed by atoms with Gasteiger partial charge in [0.25, 0.3) is 5.69 Å². The molecule has 0 aliphatic carbocycles. The van der Waals surface area contributed by atoms with Crippen molar-refractivity contribution < 1.29 is 18.1 Å². The van der Waals surface area contributed by atoms with E-state index in [1.54, 1.807) is 16.4 Å². The minimum atomic E-state index is -3.29. The molecule has 0 saturated carbocycles. The number of aryl methyl sites for hydroxylation is 1. The minimum absolute atomic E-state index is 0.0255. The lowest BCUT2D eigenvalue weighted by atomic mass is 10.1. The van der Waals surface area contributed by atoms with Crippen molar-refractivity contribution in [2.24, 2.45) is 0 Å². The van der Waals surface area contributed by atoms with E-state index >= 15 is 0 Å². The molecular formula is C17H25N3O5S. The first kappa shape index (κ1) is 19.1. The van der Waals surface area contributed by atoms with Crippen LogP contribution in [0.15, 0.2) is 18.2 Å². The minimum Gasteiger partial charge on any atom is -0.381 e. The van der Waals surface area contributed by atoms with Gasteiger partial charge in [0.05, 0.1) is 10.2 Å². The summed E-state index contributed by atoms with van der Waals surface area (Å²) in [5.41, 5.74) is 1.38. The molecule has 9 heteroatoms. The highest BCUT2D eigenvalue weighted by atomic mass is 32.2. The van der Waals surface area contributed by atoms with Crippen molar-refractivity contribution in [1.29, 1.82) is 0 Å². The number of sulfonamides is 1. The summed E-state index contributed by atoms with van der Waals surface area (Å²) < 4.78 is 32.3. The van der Waals surface area contributed by atoms with Crippen LogP contribution < -0.4 is 5.32 Å². The normalized spacial score (nSPS) is 20.8. The Balaban J connectivity index is 1.61. The number of ether oxygens (including phenoxy) is 1. The summed E-state index contributed by atoms with van der Waals surface area (Å²) in [6, 6.07) is 5.13. The van der Waals surface area contributed by atoms with Gasteiger partial charge in [-0.2, -0.15) is 0 Å². The van der Waals surface area contributed by atoms with Crippen molar-refractivity contribution >= 4 is 21.4 Å². The van der Waals surface area contributed by atoms with E-state index in [4.69, 9.17) is 4.74 Å². The summed E-state index contributed by atoms with van der Waals surface area (Å²) in [7, 11) is -3.29. The standard InChI is InChI=1S/C17H25N3O5S/c1-13-2-3-16(17(12-13)20(21)22)18-14-4-8-19(9-5-14)26(23,24)15-6-10-25-11-7-15/h2-3,12,14-15,18H,4-11H2,1H3. The fraction of sp³-hybridized carbons (Fsp3) is 0.647. The van der Waals surface area contributed by atoms with Crippen LogP contribution in [-0.4, -0.2) is 55.2 Å². The van der Waals surface area contributed by atoms with Gasteiger partial charge in [0.1, 0.15) is 5.69 Å². The first-order chi connectivity index (χ1) is 12.4. The fourth-order valence-corrected chi connectivity index (χ4v) is 5.50. The second-order valence-electron chi connectivity index (χ2n) is 6.95. The molecule has 8 nitrogen and oxygen atoms in total. The molecule has 2 saturated heterocycles. The Kier molecular flexibility index (Phi) is 5.79. The Hall–Kier alpha value is -1.71. The van der Waals surface area contributed by atoms with Gasteiger partial charge in [0, 0.05) is 38.4 Å². The number of hydrogen-bond acceptors (Lipinski definition) is 6. The van der Waals surface area contributed by atoms with Gasteiger partial charge < -0.3 is 10.1 Å². The largest absolute Gasteiger partial charge is 0.381 e. The molecule has 0 unspecified atom stereocenters. The van der Waals surface area contributed by atoms with Crippen molar-refractivity contribution in [2.75, 3.05) is 31.6 Å². The Morgan fingerprint density at radius 3 is 2.46 bits per heavy atom. The van der Waals surface area contributed by atoms with Crippen molar-refractivity contribution in [1.82, 2.24) is 4.31 Å². The lowest BCUT2D eigenvalue weighted by Gasteiger charge is -2.35. The number of hydrogen-bond donors (Lipinski definition) is 1.